The van der Waals surface area contributed by atoms with Gasteiger partial charge in [0.05, 0.1) is 15.6 Å². The first-order valence-corrected chi connectivity index (χ1v) is 11.4. The summed E-state index contributed by atoms with van der Waals surface area (Å²) in [6, 6.07) is 16.7. The summed E-state index contributed by atoms with van der Waals surface area (Å²) in [6.45, 7) is 1.37. The summed E-state index contributed by atoms with van der Waals surface area (Å²) in [7, 11) is -4.02. The van der Waals surface area contributed by atoms with E-state index in [0.29, 0.717) is 10.2 Å². The highest BCUT2D eigenvalue weighted by molar-refractivity contribution is 9.10. The maximum absolute atomic E-state index is 13.3. The molecule has 0 fully saturated rings. The minimum atomic E-state index is -4.02. The Morgan fingerprint density at radius 2 is 1.80 bits per heavy atom. The molecule has 0 aromatic heterocycles. The molecule has 0 heterocycles. The molecule has 0 aliphatic rings. The normalized spacial score (nSPS) is 11.2. The van der Waals surface area contributed by atoms with Gasteiger partial charge < -0.3 is 5.32 Å². The molecule has 0 bridgehead atoms. The van der Waals surface area contributed by atoms with Gasteiger partial charge in [-0.15, -0.1) is 0 Å². The van der Waals surface area contributed by atoms with Crippen LogP contribution in [0, 0.1) is 12.7 Å². The van der Waals surface area contributed by atoms with E-state index in [1.54, 1.807) is 36.4 Å². The van der Waals surface area contributed by atoms with Gasteiger partial charge >= 0.3 is 0 Å². The number of carbonyl (C=O) groups is 1. The van der Waals surface area contributed by atoms with Gasteiger partial charge in [-0.1, -0.05) is 51.3 Å². The standard InChI is InChI=1S/C21H17BrClFN2O3S/c1-14-5-8-18(9-6-14)30(28,29)26(17-4-2-3-15(22)11-17)13-21(27)25-16-7-10-20(24)19(23)12-16/h2-12H,13H2,1H3,(H,25,27). The van der Waals surface area contributed by atoms with Gasteiger partial charge in [0.2, 0.25) is 5.91 Å². The number of sulfonamides is 1. The van der Waals surface area contributed by atoms with Crippen LogP contribution in [-0.4, -0.2) is 20.9 Å². The second kappa shape index (κ2) is 9.16. The number of halogens is 3. The quantitative estimate of drug-likeness (QED) is 0.483. The summed E-state index contributed by atoms with van der Waals surface area (Å²) >= 11 is 9.07. The molecule has 0 atom stereocenters. The van der Waals surface area contributed by atoms with Crippen molar-refractivity contribution in [2.75, 3.05) is 16.2 Å². The lowest BCUT2D eigenvalue weighted by Gasteiger charge is -2.24. The van der Waals surface area contributed by atoms with Crippen molar-refractivity contribution in [3.63, 3.8) is 0 Å². The molecule has 1 N–H and O–H groups in total. The number of hydrogen-bond acceptors (Lipinski definition) is 3. The van der Waals surface area contributed by atoms with Gasteiger partial charge in [0, 0.05) is 10.2 Å². The maximum atomic E-state index is 13.3. The van der Waals surface area contributed by atoms with Crippen LogP contribution in [0.4, 0.5) is 15.8 Å². The summed E-state index contributed by atoms with van der Waals surface area (Å²) < 4.78 is 41.6. The van der Waals surface area contributed by atoms with E-state index < -0.39 is 28.3 Å². The lowest BCUT2D eigenvalue weighted by molar-refractivity contribution is -0.114. The van der Waals surface area contributed by atoms with Gasteiger partial charge in [-0.05, 0) is 55.5 Å². The van der Waals surface area contributed by atoms with Crippen molar-refractivity contribution < 1.29 is 17.6 Å². The van der Waals surface area contributed by atoms with Crippen molar-refractivity contribution in [3.8, 4) is 0 Å². The minimum Gasteiger partial charge on any atom is -0.324 e. The molecule has 0 saturated carbocycles. The molecule has 3 rings (SSSR count). The number of rotatable bonds is 6. The van der Waals surface area contributed by atoms with Crippen molar-refractivity contribution >= 4 is 54.8 Å². The van der Waals surface area contributed by atoms with E-state index >= 15 is 0 Å². The van der Waals surface area contributed by atoms with Crippen LogP contribution in [0.3, 0.4) is 0 Å². The van der Waals surface area contributed by atoms with Gasteiger partial charge in [-0.25, -0.2) is 12.8 Å². The average molecular weight is 512 g/mol. The van der Waals surface area contributed by atoms with Gasteiger partial charge in [0.15, 0.2) is 0 Å². The van der Waals surface area contributed by atoms with Crippen LogP contribution >= 0.6 is 27.5 Å². The molecule has 156 valence electrons. The fourth-order valence-electron chi connectivity index (χ4n) is 2.69. The van der Waals surface area contributed by atoms with Crippen LogP contribution in [0.5, 0.6) is 0 Å². The van der Waals surface area contributed by atoms with E-state index in [1.807, 2.05) is 6.92 Å². The molecule has 30 heavy (non-hydrogen) atoms. The molecule has 3 aromatic carbocycles. The van der Waals surface area contributed by atoms with Gasteiger partial charge in [0.25, 0.3) is 10.0 Å². The third kappa shape index (κ3) is 5.19. The van der Waals surface area contributed by atoms with Gasteiger partial charge in [-0.3, -0.25) is 9.10 Å². The van der Waals surface area contributed by atoms with Gasteiger partial charge in [0.1, 0.15) is 12.4 Å². The zero-order valence-electron chi connectivity index (χ0n) is 15.8. The van der Waals surface area contributed by atoms with Crippen molar-refractivity contribution in [2.45, 2.75) is 11.8 Å². The SMILES string of the molecule is Cc1ccc(S(=O)(=O)N(CC(=O)Nc2ccc(F)c(Cl)c2)c2cccc(Br)c2)cc1. The van der Waals surface area contributed by atoms with Crippen LogP contribution in [0.25, 0.3) is 0 Å². The van der Waals surface area contributed by atoms with Crippen LogP contribution < -0.4 is 9.62 Å². The first-order valence-electron chi connectivity index (χ1n) is 8.77. The Kier molecular flexibility index (Phi) is 6.80. The molecular formula is C21H17BrClFN2O3S. The predicted octanol–water partition coefficient (Wildman–Crippen LogP) is 5.38. The molecule has 0 aliphatic carbocycles. The average Bonchev–Trinajstić information content (AvgIpc) is 2.69. The van der Waals surface area contributed by atoms with Gasteiger partial charge in [-0.2, -0.15) is 0 Å². The first-order chi connectivity index (χ1) is 14.2. The van der Waals surface area contributed by atoms with Crippen LogP contribution in [-0.2, 0) is 14.8 Å². The van der Waals surface area contributed by atoms with E-state index in [9.17, 15) is 17.6 Å². The van der Waals surface area contributed by atoms with E-state index in [2.05, 4.69) is 21.2 Å². The molecule has 0 spiro atoms. The fourth-order valence-corrected chi connectivity index (χ4v) is 4.67. The Bertz CT molecular complexity index is 1190. The topological polar surface area (TPSA) is 66.5 Å². The summed E-state index contributed by atoms with van der Waals surface area (Å²) in [5, 5.41) is 2.40. The lowest BCUT2D eigenvalue weighted by atomic mass is 10.2. The van der Waals surface area contributed by atoms with E-state index in [1.165, 1.54) is 24.3 Å². The maximum Gasteiger partial charge on any atom is 0.264 e. The van der Waals surface area contributed by atoms with Crippen molar-refractivity contribution in [2.24, 2.45) is 0 Å². The lowest BCUT2D eigenvalue weighted by Crippen LogP contribution is -2.38. The Morgan fingerprint density at radius 1 is 1.10 bits per heavy atom. The smallest absolute Gasteiger partial charge is 0.264 e. The molecule has 9 heteroatoms. The highest BCUT2D eigenvalue weighted by Crippen LogP contribution is 2.27. The third-order valence-electron chi connectivity index (χ3n) is 4.20. The Labute approximate surface area is 187 Å². The zero-order valence-corrected chi connectivity index (χ0v) is 18.9. The number of aryl methyl sites for hydroxylation is 1. The molecule has 0 aliphatic heterocycles. The largest absolute Gasteiger partial charge is 0.324 e. The number of nitrogens with one attached hydrogen (secondary N) is 1. The van der Waals surface area contributed by atoms with E-state index in [-0.39, 0.29) is 15.6 Å². The monoisotopic (exact) mass is 510 g/mol. The zero-order chi connectivity index (χ0) is 21.9. The number of nitrogens with zero attached hydrogens (tertiary/aromatic N) is 1. The second-order valence-corrected chi connectivity index (χ2v) is 9.67. The first kappa shape index (κ1) is 22.3. The molecular weight excluding hydrogens is 495 g/mol. The summed E-state index contributed by atoms with van der Waals surface area (Å²) in [5.74, 6) is -1.22. The molecule has 3 aromatic rings. The Hall–Kier alpha value is -2.42. The number of carbonyl (C=O) groups excluding carboxylic acids is 1. The Morgan fingerprint density at radius 3 is 2.43 bits per heavy atom. The second-order valence-electron chi connectivity index (χ2n) is 6.48. The fraction of sp³-hybridized carbons (Fsp3) is 0.0952. The highest BCUT2D eigenvalue weighted by atomic mass is 79.9. The predicted molar refractivity (Wildman–Crippen MR) is 120 cm³/mol. The molecule has 0 saturated heterocycles. The van der Waals surface area contributed by atoms with Crippen molar-refractivity contribution in [1.82, 2.24) is 0 Å². The van der Waals surface area contributed by atoms with Crippen molar-refractivity contribution in [3.05, 3.63) is 87.6 Å². The number of benzene rings is 3. The molecule has 0 unspecified atom stereocenters. The number of amides is 1. The summed E-state index contributed by atoms with van der Waals surface area (Å²) in [5.41, 5.74) is 1.49. The van der Waals surface area contributed by atoms with Crippen LogP contribution in [0.1, 0.15) is 5.56 Å². The van der Waals surface area contributed by atoms with E-state index in [4.69, 9.17) is 11.6 Å². The molecule has 1 amide bonds. The van der Waals surface area contributed by atoms with Crippen molar-refractivity contribution in [1.29, 1.82) is 0 Å². The Balaban J connectivity index is 1.94. The van der Waals surface area contributed by atoms with Crippen LogP contribution in [0.15, 0.2) is 76.1 Å². The van der Waals surface area contributed by atoms with Crippen LogP contribution in [0.2, 0.25) is 5.02 Å². The summed E-state index contributed by atoms with van der Waals surface area (Å²) in [4.78, 5) is 12.7. The highest BCUT2D eigenvalue weighted by Gasteiger charge is 2.27. The number of anilines is 2. The minimum absolute atomic E-state index is 0.0608. The summed E-state index contributed by atoms with van der Waals surface area (Å²) in [6.07, 6.45) is 0. The molecule has 5 nitrogen and oxygen atoms in total. The molecule has 0 radical (unpaired) electrons. The number of hydrogen-bond donors (Lipinski definition) is 1. The van der Waals surface area contributed by atoms with E-state index in [0.717, 1.165) is 15.9 Å². The third-order valence-corrected chi connectivity index (χ3v) is 6.77.